The Hall–Kier alpha value is -5.69. The number of hydrogen-bond acceptors (Lipinski definition) is 7. The van der Waals surface area contributed by atoms with E-state index in [1.807, 2.05) is 132 Å². The summed E-state index contributed by atoms with van der Waals surface area (Å²) >= 11 is 0. The van der Waals surface area contributed by atoms with Gasteiger partial charge < -0.3 is 20.4 Å². The van der Waals surface area contributed by atoms with E-state index in [0.29, 0.717) is 58.5 Å². The lowest BCUT2D eigenvalue weighted by Gasteiger charge is -2.04. The van der Waals surface area contributed by atoms with Gasteiger partial charge >= 0.3 is 0 Å². The maximum atomic E-state index is 10.3. The van der Waals surface area contributed by atoms with E-state index in [1.54, 1.807) is 0 Å². The minimum atomic E-state index is 0.335. The molecule has 0 amide bonds. The van der Waals surface area contributed by atoms with Crippen molar-refractivity contribution in [2.24, 2.45) is 0 Å². The molecule has 5 aromatic rings. The molecule has 7 nitrogen and oxygen atoms in total. The molecule has 0 fully saturated rings. The first-order valence-corrected chi connectivity index (χ1v) is 16.8. The van der Waals surface area contributed by atoms with Gasteiger partial charge in [-0.15, -0.1) is 0 Å². The molecule has 0 saturated carbocycles. The predicted molar refractivity (Wildman–Crippen MR) is 212 cm³/mol. The molecule has 0 saturated heterocycles. The number of aromatic hydroxyl groups is 4. The summed E-state index contributed by atoms with van der Waals surface area (Å²) in [5, 5.41) is 37.5. The number of carbonyl (C=O) groups excluding carboxylic acids is 3. The Kier molecular flexibility index (Phi) is 17.8. The van der Waals surface area contributed by atoms with Crippen LogP contribution < -0.4 is 0 Å². The van der Waals surface area contributed by atoms with E-state index in [4.69, 9.17) is 0 Å². The Morgan fingerprint density at radius 3 is 0.596 bits per heavy atom. The topological polar surface area (TPSA) is 132 Å². The van der Waals surface area contributed by atoms with Gasteiger partial charge in [-0.05, 0) is 168 Å². The number of phenols is 4. The summed E-state index contributed by atoms with van der Waals surface area (Å²) in [5.41, 5.74) is 13.3. The molecule has 0 aliphatic heterocycles. The second-order valence-corrected chi connectivity index (χ2v) is 13.0. The van der Waals surface area contributed by atoms with Crippen LogP contribution in [-0.2, 0) is 0 Å². The van der Waals surface area contributed by atoms with Crippen molar-refractivity contribution in [2.75, 3.05) is 0 Å². The molecule has 0 atom stereocenters. The van der Waals surface area contributed by atoms with Gasteiger partial charge in [0, 0.05) is 16.7 Å². The number of rotatable bonds is 3. The predicted octanol–water partition coefficient (Wildman–Crippen LogP) is 10.4. The molecule has 52 heavy (non-hydrogen) atoms. The highest BCUT2D eigenvalue weighted by Gasteiger charge is 2.03. The standard InChI is InChI=1S/C9H6O3.4C9H12O/c10-4-7-1-8(5-11)3-9(2-7)6-12;4*1-6-4-5-7(2)9(10)8(6)3/h1-6H;4*4-5,10H,1-3H3. The van der Waals surface area contributed by atoms with E-state index < -0.39 is 0 Å². The molecule has 7 heteroatoms. The van der Waals surface area contributed by atoms with Crippen LogP contribution in [0.15, 0.2) is 66.7 Å². The zero-order valence-corrected chi connectivity index (χ0v) is 32.6. The molecule has 0 unspecified atom stereocenters. The highest BCUT2D eigenvalue weighted by Crippen LogP contribution is 2.25. The highest BCUT2D eigenvalue weighted by atomic mass is 16.3. The number of carbonyl (C=O) groups is 3. The van der Waals surface area contributed by atoms with Crippen molar-refractivity contribution in [3.05, 3.63) is 150 Å². The molecule has 0 aliphatic rings. The van der Waals surface area contributed by atoms with Crippen LogP contribution >= 0.6 is 0 Å². The highest BCUT2D eigenvalue weighted by molar-refractivity contribution is 5.87. The van der Waals surface area contributed by atoms with E-state index in [0.717, 1.165) is 66.8 Å². The van der Waals surface area contributed by atoms with Crippen LogP contribution in [0.2, 0.25) is 0 Å². The minimum absolute atomic E-state index is 0.335. The SMILES string of the molecule is Cc1ccc(C)c(O)c1C.Cc1ccc(C)c(O)c1C.Cc1ccc(C)c(O)c1C.Cc1ccc(C)c(O)c1C.O=Cc1cc(C=O)cc(C=O)c1. The summed E-state index contributed by atoms with van der Waals surface area (Å²) in [5.74, 6) is 1.72. The first kappa shape index (κ1) is 44.3. The van der Waals surface area contributed by atoms with Gasteiger partial charge in [0.05, 0.1) is 0 Å². The fraction of sp³-hybridized carbons (Fsp3) is 0.267. The molecular formula is C45H54O7. The number of phenolic OH excluding ortho intramolecular Hbond substituents is 4. The van der Waals surface area contributed by atoms with Crippen molar-refractivity contribution >= 4 is 18.9 Å². The van der Waals surface area contributed by atoms with Gasteiger partial charge in [0.1, 0.15) is 41.9 Å². The van der Waals surface area contributed by atoms with Gasteiger partial charge in [-0.25, -0.2) is 0 Å². The molecule has 5 aromatic carbocycles. The molecule has 0 spiro atoms. The largest absolute Gasteiger partial charge is 0.507 e. The fourth-order valence-corrected chi connectivity index (χ4v) is 4.65. The van der Waals surface area contributed by atoms with Gasteiger partial charge in [0.2, 0.25) is 0 Å². The second-order valence-electron chi connectivity index (χ2n) is 13.0. The van der Waals surface area contributed by atoms with Crippen LogP contribution in [0.5, 0.6) is 23.0 Å². The number of aldehydes is 3. The summed E-state index contributed by atoms with van der Waals surface area (Å²) in [6.07, 6.45) is 1.79. The monoisotopic (exact) mass is 706 g/mol. The van der Waals surface area contributed by atoms with Gasteiger partial charge in [0.15, 0.2) is 0 Å². The first-order valence-electron chi connectivity index (χ1n) is 16.8. The normalized spacial score (nSPS) is 9.69. The minimum Gasteiger partial charge on any atom is -0.507 e. The van der Waals surface area contributed by atoms with Crippen molar-refractivity contribution in [2.45, 2.75) is 83.1 Å². The first-order chi connectivity index (χ1) is 24.3. The molecule has 276 valence electrons. The Morgan fingerprint density at radius 2 is 0.462 bits per heavy atom. The maximum Gasteiger partial charge on any atom is 0.150 e. The second kappa shape index (κ2) is 20.9. The molecular weight excluding hydrogens is 652 g/mol. The molecule has 0 aromatic heterocycles. The average molecular weight is 707 g/mol. The number of benzene rings is 5. The van der Waals surface area contributed by atoms with Crippen molar-refractivity contribution in [1.29, 1.82) is 0 Å². The lowest BCUT2D eigenvalue weighted by atomic mass is 10.1. The summed E-state index contributed by atoms with van der Waals surface area (Å²) in [7, 11) is 0. The smallest absolute Gasteiger partial charge is 0.150 e. The third kappa shape index (κ3) is 12.9. The van der Waals surface area contributed by atoms with Crippen molar-refractivity contribution in [3.63, 3.8) is 0 Å². The van der Waals surface area contributed by atoms with E-state index in [9.17, 15) is 34.8 Å². The van der Waals surface area contributed by atoms with Crippen LogP contribution in [0.4, 0.5) is 0 Å². The Morgan fingerprint density at radius 1 is 0.308 bits per heavy atom. The number of hydrogen-bond donors (Lipinski definition) is 4. The lowest BCUT2D eigenvalue weighted by molar-refractivity contribution is 0.112. The lowest BCUT2D eigenvalue weighted by Crippen LogP contribution is -1.89. The quantitative estimate of drug-likeness (QED) is 0.137. The molecule has 0 heterocycles. The van der Waals surface area contributed by atoms with Gasteiger partial charge in [0.25, 0.3) is 0 Å². The zero-order valence-electron chi connectivity index (χ0n) is 32.6. The summed E-state index contributed by atoms with van der Waals surface area (Å²) in [4.78, 5) is 30.9. The van der Waals surface area contributed by atoms with Crippen molar-refractivity contribution in [3.8, 4) is 23.0 Å². The third-order valence-corrected chi connectivity index (χ3v) is 9.02. The molecule has 0 bridgehead atoms. The van der Waals surface area contributed by atoms with Crippen LogP contribution in [0, 0.1) is 83.1 Å². The molecule has 4 N–H and O–H groups in total. The Labute approximate surface area is 309 Å². The Bertz CT molecular complexity index is 1610. The van der Waals surface area contributed by atoms with Gasteiger partial charge in [-0.3, -0.25) is 14.4 Å². The van der Waals surface area contributed by atoms with E-state index in [-0.39, 0.29) is 0 Å². The van der Waals surface area contributed by atoms with E-state index >= 15 is 0 Å². The van der Waals surface area contributed by atoms with Crippen LogP contribution in [0.25, 0.3) is 0 Å². The van der Waals surface area contributed by atoms with Gasteiger partial charge in [-0.2, -0.15) is 0 Å². The van der Waals surface area contributed by atoms with Crippen LogP contribution in [0.3, 0.4) is 0 Å². The zero-order chi connectivity index (χ0) is 39.9. The average Bonchev–Trinajstić information content (AvgIpc) is 3.15. The Balaban J connectivity index is 0.000000326. The fourth-order valence-electron chi connectivity index (χ4n) is 4.65. The van der Waals surface area contributed by atoms with Crippen LogP contribution in [-0.4, -0.2) is 39.3 Å². The maximum absolute atomic E-state index is 10.3. The summed E-state index contributed by atoms with van der Waals surface area (Å²) < 4.78 is 0. The third-order valence-electron chi connectivity index (χ3n) is 9.02. The van der Waals surface area contributed by atoms with Gasteiger partial charge in [-0.1, -0.05) is 48.5 Å². The van der Waals surface area contributed by atoms with Crippen molar-refractivity contribution in [1.82, 2.24) is 0 Å². The molecule has 0 radical (unpaired) electrons. The van der Waals surface area contributed by atoms with Crippen molar-refractivity contribution < 1.29 is 34.8 Å². The van der Waals surface area contributed by atoms with E-state index in [2.05, 4.69) is 0 Å². The van der Waals surface area contributed by atoms with Crippen LogP contribution in [0.1, 0.15) is 97.8 Å². The summed E-state index contributed by atoms with van der Waals surface area (Å²) in [6, 6.07) is 20.1. The molecule has 5 rings (SSSR count). The summed E-state index contributed by atoms with van der Waals surface area (Å²) in [6.45, 7) is 23.3. The molecule has 0 aliphatic carbocycles. The van der Waals surface area contributed by atoms with E-state index in [1.165, 1.54) is 18.2 Å². The number of aryl methyl sites for hydroxylation is 8.